The van der Waals surface area contributed by atoms with Crippen LogP contribution in [0.5, 0.6) is 0 Å². The molecule has 80 valence electrons. The predicted octanol–water partition coefficient (Wildman–Crippen LogP) is 3.31. The van der Waals surface area contributed by atoms with Crippen molar-refractivity contribution in [2.45, 2.75) is 40.2 Å². The van der Waals surface area contributed by atoms with E-state index >= 15 is 0 Å². The van der Waals surface area contributed by atoms with Crippen LogP contribution in [0, 0.1) is 5.41 Å². The van der Waals surface area contributed by atoms with E-state index in [9.17, 15) is 0 Å². The van der Waals surface area contributed by atoms with Crippen LogP contribution in [0.15, 0.2) is 17.5 Å². The number of nitrogens with one attached hydrogen (secondary N) is 1. The van der Waals surface area contributed by atoms with Crippen molar-refractivity contribution >= 4 is 11.3 Å². The van der Waals surface area contributed by atoms with Gasteiger partial charge in [-0.1, -0.05) is 33.8 Å². The van der Waals surface area contributed by atoms with Gasteiger partial charge in [0, 0.05) is 17.5 Å². The van der Waals surface area contributed by atoms with Crippen LogP contribution in [0.2, 0.25) is 0 Å². The predicted molar refractivity (Wildman–Crippen MR) is 64.9 cm³/mol. The lowest BCUT2D eigenvalue weighted by Crippen LogP contribution is -2.35. The largest absolute Gasteiger partial charge is 0.314 e. The Bertz CT molecular complexity index is 249. The molecule has 1 heterocycles. The first-order valence-electron chi connectivity index (χ1n) is 5.25. The molecule has 0 radical (unpaired) electrons. The van der Waals surface area contributed by atoms with Gasteiger partial charge in [0.2, 0.25) is 0 Å². The maximum Gasteiger partial charge on any atom is 0.00510 e. The molecule has 0 unspecified atom stereocenters. The number of thiophene rings is 1. The third-order valence-electron chi connectivity index (χ3n) is 2.22. The Morgan fingerprint density at radius 3 is 2.64 bits per heavy atom. The highest BCUT2D eigenvalue weighted by molar-refractivity contribution is 7.09. The van der Waals surface area contributed by atoms with E-state index in [1.54, 1.807) is 0 Å². The molecule has 0 saturated heterocycles. The molecule has 1 rings (SSSR count). The first kappa shape index (κ1) is 11.7. The van der Waals surface area contributed by atoms with Gasteiger partial charge < -0.3 is 5.32 Å². The molecular formula is C12H21NS. The van der Waals surface area contributed by atoms with E-state index in [1.165, 1.54) is 11.3 Å². The lowest BCUT2D eigenvalue weighted by atomic mass is 9.88. The van der Waals surface area contributed by atoms with Crippen molar-refractivity contribution in [3.8, 4) is 0 Å². The van der Waals surface area contributed by atoms with Crippen molar-refractivity contribution < 1.29 is 0 Å². The lowest BCUT2D eigenvalue weighted by Gasteiger charge is -2.25. The average Bonchev–Trinajstić information content (AvgIpc) is 2.53. The first-order chi connectivity index (χ1) is 6.49. The molecule has 0 aliphatic carbocycles. The molecule has 14 heavy (non-hydrogen) atoms. The van der Waals surface area contributed by atoms with Crippen molar-refractivity contribution in [3.63, 3.8) is 0 Å². The van der Waals surface area contributed by atoms with E-state index in [4.69, 9.17) is 0 Å². The van der Waals surface area contributed by atoms with Crippen LogP contribution in [0.4, 0.5) is 0 Å². The molecule has 0 spiro atoms. The van der Waals surface area contributed by atoms with Crippen molar-refractivity contribution in [1.82, 2.24) is 5.32 Å². The fourth-order valence-corrected chi connectivity index (χ4v) is 2.39. The highest BCUT2D eigenvalue weighted by Crippen LogP contribution is 2.23. The molecule has 0 aromatic carbocycles. The quantitative estimate of drug-likeness (QED) is 0.788. The standard InChI is InChI=1S/C12H21NS/c1-10(2)13-9-12(3,4)8-11-6-5-7-14-11/h5-7,10,13H,8-9H2,1-4H3. The topological polar surface area (TPSA) is 12.0 Å². The molecule has 1 aromatic heterocycles. The second-order valence-corrected chi connectivity index (χ2v) is 5.99. The van der Waals surface area contributed by atoms with Crippen molar-refractivity contribution in [2.75, 3.05) is 6.54 Å². The molecule has 0 bridgehead atoms. The fourth-order valence-electron chi connectivity index (χ4n) is 1.43. The maximum absolute atomic E-state index is 3.50. The Balaban J connectivity index is 2.41. The van der Waals surface area contributed by atoms with Gasteiger partial charge in [0.05, 0.1) is 0 Å². The molecule has 0 fully saturated rings. The van der Waals surface area contributed by atoms with E-state index in [0.717, 1.165) is 6.54 Å². The molecular weight excluding hydrogens is 190 g/mol. The Morgan fingerprint density at radius 1 is 1.43 bits per heavy atom. The minimum atomic E-state index is 0.356. The smallest absolute Gasteiger partial charge is 0.00510 e. The normalized spacial score (nSPS) is 12.4. The second kappa shape index (κ2) is 4.94. The third kappa shape index (κ3) is 4.25. The molecule has 0 aliphatic heterocycles. The summed E-state index contributed by atoms with van der Waals surface area (Å²) in [5.41, 5.74) is 0.356. The Hall–Kier alpha value is -0.340. The first-order valence-corrected chi connectivity index (χ1v) is 6.13. The van der Waals surface area contributed by atoms with Crippen LogP contribution in [0.25, 0.3) is 0 Å². The fraction of sp³-hybridized carbons (Fsp3) is 0.667. The molecule has 0 aliphatic rings. The summed E-state index contributed by atoms with van der Waals surface area (Å²) >= 11 is 1.86. The SMILES string of the molecule is CC(C)NCC(C)(C)Cc1cccs1. The zero-order chi connectivity index (χ0) is 10.6. The van der Waals surface area contributed by atoms with Gasteiger partial charge >= 0.3 is 0 Å². The third-order valence-corrected chi connectivity index (χ3v) is 3.10. The summed E-state index contributed by atoms with van der Waals surface area (Å²) in [7, 11) is 0. The maximum atomic E-state index is 3.50. The van der Waals surface area contributed by atoms with Crippen LogP contribution >= 0.6 is 11.3 Å². The number of rotatable bonds is 5. The highest BCUT2D eigenvalue weighted by atomic mass is 32.1. The second-order valence-electron chi connectivity index (χ2n) is 4.96. The average molecular weight is 211 g/mol. The van der Waals surface area contributed by atoms with Gasteiger partial charge in [-0.3, -0.25) is 0 Å². The minimum absolute atomic E-state index is 0.356. The van der Waals surface area contributed by atoms with Gasteiger partial charge in [-0.05, 0) is 23.3 Å². The van der Waals surface area contributed by atoms with Gasteiger partial charge in [0.15, 0.2) is 0 Å². The van der Waals surface area contributed by atoms with Crippen LogP contribution < -0.4 is 5.32 Å². The van der Waals surface area contributed by atoms with Gasteiger partial charge in [-0.25, -0.2) is 0 Å². The van der Waals surface area contributed by atoms with E-state index < -0.39 is 0 Å². The highest BCUT2D eigenvalue weighted by Gasteiger charge is 2.18. The summed E-state index contributed by atoms with van der Waals surface area (Å²) in [6.07, 6.45) is 1.17. The van der Waals surface area contributed by atoms with E-state index in [2.05, 4.69) is 50.5 Å². The Kier molecular flexibility index (Phi) is 4.14. The van der Waals surface area contributed by atoms with E-state index in [0.29, 0.717) is 11.5 Å². The molecule has 0 saturated carbocycles. The molecule has 1 N–H and O–H groups in total. The zero-order valence-corrected chi connectivity index (χ0v) is 10.4. The lowest BCUT2D eigenvalue weighted by molar-refractivity contribution is 0.328. The van der Waals surface area contributed by atoms with Crippen molar-refractivity contribution in [2.24, 2.45) is 5.41 Å². The summed E-state index contributed by atoms with van der Waals surface area (Å²) in [6.45, 7) is 10.1. The van der Waals surface area contributed by atoms with E-state index in [-0.39, 0.29) is 0 Å². The van der Waals surface area contributed by atoms with Crippen LogP contribution in [0.3, 0.4) is 0 Å². The van der Waals surface area contributed by atoms with Gasteiger partial charge in [-0.15, -0.1) is 11.3 Å². The monoisotopic (exact) mass is 211 g/mol. The molecule has 1 aromatic rings. The van der Waals surface area contributed by atoms with Gasteiger partial charge in [0.25, 0.3) is 0 Å². The van der Waals surface area contributed by atoms with Crippen LogP contribution in [0.1, 0.15) is 32.6 Å². The van der Waals surface area contributed by atoms with Crippen molar-refractivity contribution in [3.05, 3.63) is 22.4 Å². The van der Waals surface area contributed by atoms with E-state index in [1.807, 2.05) is 11.3 Å². The van der Waals surface area contributed by atoms with Crippen LogP contribution in [-0.2, 0) is 6.42 Å². The Morgan fingerprint density at radius 2 is 2.14 bits per heavy atom. The molecule has 1 nitrogen and oxygen atoms in total. The summed E-state index contributed by atoms with van der Waals surface area (Å²) < 4.78 is 0. The van der Waals surface area contributed by atoms with Gasteiger partial charge in [0.1, 0.15) is 0 Å². The zero-order valence-electron chi connectivity index (χ0n) is 9.63. The number of hydrogen-bond donors (Lipinski definition) is 1. The summed E-state index contributed by atoms with van der Waals surface area (Å²) in [6, 6.07) is 4.94. The molecule has 0 atom stereocenters. The summed E-state index contributed by atoms with van der Waals surface area (Å²) in [4.78, 5) is 1.49. The minimum Gasteiger partial charge on any atom is -0.314 e. The van der Waals surface area contributed by atoms with Crippen LogP contribution in [-0.4, -0.2) is 12.6 Å². The summed E-state index contributed by atoms with van der Waals surface area (Å²) in [5.74, 6) is 0. The van der Waals surface area contributed by atoms with Gasteiger partial charge in [-0.2, -0.15) is 0 Å². The number of hydrogen-bond acceptors (Lipinski definition) is 2. The summed E-state index contributed by atoms with van der Waals surface area (Å²) in [5, 5.41) is 5.66. The Labute approximate surface area is 91.5 Å². The molecule has 2 heteroatoms. The molecule has 0 amide bonds. The van der Waals surface area contributed by atoms with Crippen molar-refractivity contribution in [1.29, 1.82) is 0 Å².